The molecule has 2 unspecified atom stereocenters. The van der Waals surface area contributed by atoms with Crippen LogP contribution in [0.15, 0.2) is 24.3 Å². The van der Waals surface area contributed by atoms with Crippen LogP contribution >= 0.6 is 11.6 Å². The molecule has 19 heavy (non-hydrogen) atoms. The lowest BCUT2D eigenvalue weighted by Gasteiger charge is -2.17. The molecule has 0 bridgehead atoms. The van der Waals surface area contributed by atoms with Gasteiger partial charge in [0.15, 0.2) is 6.10 Å². The topological polar surface area (TPSA) is 58.6 Å². The van der Waals surface area contributed by atoms with Gasteiger partial charge in [-0.05, 0) is 37.8 Å². The third-order valence-electron chi connectivity index (χ3n) is 3.16. The van der Waals surface area contributed by atoms with Gasteiger partial charge in [-0.1, -0.05) is 23.7 Å². The molecule has 4 nitrogen and oxygen atoms in total. The summed E-state index contributed by atoms with van der Waals surface area (Å²) in [6.07, 6.45) is 0.994. The van der Waals surface area contributed by atoms with E-state index >= 15 is 0 Å². The highest BCUT2D eigenvalue weighted by Crippen LogP contribution is 2.32. The molecule has 1 amide bonds. The van der Waals surface area contributed by atoms with Gasteiger partial charge >= 0.3 is 0 Å². The molecule has 0 radical (unpaired) electrons. The SMILES string of the molecule is CC(Oc1ccccc1Cl)C(=O)NCC(O)C1CC1. The zero-order chi connectivity index (χ0) is 13.8. The van der Waals surface area contributed by atoms with Crippen LogP contribution in [0.5, 0.6) is 5.75 Å². The zero-order valence-corrected chi connectivity index (χ0v) is 11.6. The summed E-state index contributed by atoms with van der Waals surface area (Å²) in [6, 6.07) is 7.01. The minimum absolute atomic E-state index is 0.250. The molecular weight excluding hydrogens is 266 g/mol. The van der Waals surface area contributed by atoms with E-state index in [1.807, 2.05) is 0 Å². The molecule has 5 heteroatoms. The molecule has 1 aromatic carbocycles. The standard InChI is InChI=1S/C14H18ClNO3/c1-9(19-13-5-3-2-4-11(13)15)14(18)16-8-12(17)10-6-7-10/h2-5,9-10,12,17H,6-8H2,1H3,(H,16,18). The molecule has 1 saturated carbocycles. The second-order valence-corrected chi connectivity index (χ2v) is 5.25. The van der Waals surface area contributed by atoms with Crippen LogP contribution in [-0.4, -0.2) is 29.8 Å². The summed E-state index contributed by atoms with van der Waals surface area (Å²) in [7, 11) is 0. The molecule has 1 aliphatic rings. The molecule has 104 valence electrons. The van der Waals surface area contributed by atoms with Crippen LogP contribution in [-0.2, 0) is 4.79 Å². The van der Waals surface area contributed by atoms with Gasteiger partial charge in [-0.2, -0.15) is 0 Å². The van der Waals surface area contributed by atoms with Crippen LogP contribution in [0.1, 0.15) is 19.8 Å². The Bertz CT molecular complexity index is 448. The summed E-state index contributed by atoms with van der Waals surface area (Å²) in [4.78, 5) is 11.8. The number of aliphatic hydroxyl groups excluding tert-OH is 1. The van der Waals surface area contributed by atoms with Crippen molar-refractivity contribution in [2.24, 2.45) is 5.92 Å². The molecule has 1 fully saturated rings. The first kappa shape index (κ1) is 14.2. The van der Waals surface area contributed by atoms with Crippen molar-refractivity contribution in [2.45, 2.75) is 32.0 Å². The molecular formula is C14H18ClNO3. The highest BCUT2D eigenvalue weighted by Gasteiger charge is 2.30. The number of aliphatic hydroxyl groups is 1. The van der Waals surface area contributed by atoms with Crippen molar-refractivity contribution >= 4 is 17.5 Å². The van der Waals surface area contributed by atoms with E-state index in [0.29, 0.717) is 16.7 Å². The molecule has 0 saturated heterocycles. The Hall–Kier alpha value is -1.26. The van der Waals surface area contributed by atoms with Crippen molar-refractivity contribution in [1.82, 2.24) is 5.32 Å². The number of carbonyl (C=O) groups excluding carboxylic acids is 1. The fourth-order valence-electron chi connectivity index (χ4n) is 1.78. The van der Waals surface area contributed by atoms with Crippen LogP contribution in [0, 0.1) is 5.92 Å². The van der Waals surface area contributed by atoms with E-state index < -0.39 is 12.2 Å². The summed E-state index contributed by atoms with van der Waals surface area (Å²) < 4.78 is 5.49. The molecule has 1 aromatic rings. The Kier molecular flexibility index (Phi) is 4.66. The number of amides is 1. The van der Waals surface area contributed by atoms with Gasteiger partial charge in [0.25, 0.3) is 5.91 Å². The normalized spacial score (nSPS) is 17.6. The number of ether oxygens (including phenoxy) is 1. The predicted octanol–water partition coefficient (Wildman–Crippen LogP) is 1.99. The highest BCUT2D eigenvalue weighted by atomic mass is 35.5. The van der Waals surface area contributed by atoms with Crippen LogP contribution in [0.3, 0.4) is 0 Å². The zero-order valence-electron chi connectivity index (χ0n) is 10.8. The van der Waals surface area contributed by atoms with Gasteiger partial charge in [-0.15, -0.1) is 0 Å². The van der Waals surface area contributed by atoms with Crippen LogP contribution in [0.2, 0.25) is 5.02 Å². The number of hydrogen-bond donors (Lipinski definition) is 2. The third-order valence-corrected chi connectivity index (χ3v) is 3.47. The average molecular weight is 284 g/mol. The summed E-state index contributed by atoms with van der Waals surface area (Å²) in [5, 5.41) is 12.8. The van der Waals surface area contributed by atoms with E-state index in [1.165, 1.54) is 0 Å². The van der Waals surface area contributed by atoms with Crippen LogP contribution < -0.4 is 10.1 Å². The molecule has 2 rings (SSSR count). The lowest BCUT2D eigenvalue weighted by Crippen LogP contribution is -2.40. The lowest BCUT2D eigenvalue weighted by molar-refractivity contribution is -0.127. The van der Waals surface area contributed by atoms with Gasteiger partial charge in [0.2, 0.25) is 0 Å². The number of nitrogens with one attached hydrogen (secondary N) is 1. The van der Waals surface area contributed by atoms with E-state index in [0.717, 1.165) is 12.8 Å². The van der Waals surface area contributed by atoms with Crippen molar-refractivity contribution in [3.05, 3.63) is 29.3 Å². The summed E-state index contributed by atoms with van der Waals surface area (Å²) in [5.41, 5.74) is 0. The quantitative estimate of drug-likeness (QED) is 0.839. The number of para-hydroxylation sites is 1. The van der Waals surface area contributed by atoms with Crippen LogP contribution in [0.25, 0.3) is 0 Å². The maximum atomic E-state index is 11.8. The smallest absolute Gasteiger partial charge is 0.260 e. The van der Waals surface area contributed by atoms with E-state index in [2.05, 4.69) is 5.32 Å². The monoisotopic (exact) mass is 283 g/mol. The van der Waals surface area contributed by atoms with Gasteiger partial charge in [0.1, 0.15) is 5.75 Å². The number of halogens is 1. The van der Waals surface area contributed by atoms with Gasteiger partial charge < -0.3 is 15.2 Å². The van der Waals surface area contributed by atoms with Gasteiger partial charge in [0, 0.05) is 6.54 Å². The number of hydrogen-bond acceptors (Lipinski definition) is 3. The summed E-state index contributed by atoms with van der Waals surface area (Å²) in [5.74, 6) is 0.578. The Labute approximate surface area is 117 Å². The minimum Gasteiger partial charge on any atom is -0.479 e. The Morgan fingerprint density at radius 2 is 2.21 bits per heavy atom. The highest BCUT2D eigenvalue weighted by molar-refractivity contribution is 6.32. The third kappa shape index (κ3) is 4.11. The minimum atomic E-state index is -0.647. The number of carbonyl (C=O) groups is 1. The second-order valence-electron chi connectivity index (χ2n) is 4.84. The van der Waals surface area contributed by atoms with Crippen molar-refractivity contribution in [3.63, 3.8) is 0 Å². The van der Waals surface area contributed by atoms with Crippen LogP contribution in [0.4, 0.5) is 0 Å². The fourth-order valence-corrected chi connectivity index (χ4v) is 1.96. The summed E-state index contributed by atoms with van der Waals surface area (Å²) >= 11 is 5.95. The Morgan fingerprint density at radius 1 is 1.53 bits per heavy atom. The maximum Gasteiger partial charge on any atom is 0.260 e. The fraction of sp³-hybridized carbons (Fsp3) is 0.500. The average Bonchev–Trinajstić information content (AvgIpc) is 3.22. The molecule has 0 spiro atoms. The van der Waals surface area contributed by atoms with Gasteiger partial charge in [-0.25, -0.2) is 0 Å². The van der Waals surface area contributed by atoms with Gasteiger partial charge in [-0.3, -0.25) is 4.79 Å². The first-order valence-electron chi connectivity index (χ1n) is 6.45. The van der Waals surface area contributed by atoms with Crippen molar-refractivity contribution in [3.8, 4) is 5.75 Å². The molecule has 0 heterocycles. The van der Waals surface area contributed by atoms with Crippen molar-refractivity contribution < 1.29 is 14.6 Å². The molecule has 1 aliphatic carbocycles. The lowest BCUT2D eigenvalue weighted by atomic mass is 10.2. The van der Waals surface area contributed by atoms with E-state index in [4.69, 9.17) is 16.3 Å². The number of benzene rings is 1. The summed E-state index contributed by atoms with van der Waals surface area (Å²) in [6.45, 7) is 1.93. The first-order chi connectivity index (χ1) is 9.08. The molecule has 0 aromatic heterocycles. The van der Waals surface area contributed by atoms with Crippen molar-refractivity contribution in [2.75, 3.05) is 6.54 Å². The second kappa shape index (κ2) is 6.26. The van der Waals surface area contributed by atoms with E-state index in [-0.39, 0.29) is 12.5 Å². The Balaban J connectivity index is 1.80. The Morgan fingerprint density at radius 3 is 2.84 bits per heavy atom. The molecule has 2 atom stereocenters. The number of rotatable bonds is 6. The van der Waals surface area contributed by atoms with Gasteiger partial charge in [0.05, 0.1) is 11.1 Å². The maximum absolute atomic E-state index is 11.8. The largest absolute Gasteiger partial charge is 0.479 e. The molecule has 0 aliphatic heterocycles. The van der Waals surface area contributed by atoms with Crippen molar-refractivity contribution in [1.29, 1.82) is 0 Å². The van der Waals surface area contributed by atoms with E-state index in [1.54, 1.807) is 31.2 Å². The van der Waals surface area contributed by atoms with E-state index in [9.17, 15) is 9.90 Å². The molecule has 2 N–H and O–H groups in total. The first-order valence-corrected chi connectivity index (χ1v) is 6.82. The predicted molar refractivity (Wildman–Crippen MR) is 73.3 cm³/mol.